The lowest BCUT2D eigenvalue weighted by Gasteiger charge is -2.01. The van der Waals surface area contributed by atoms with E-state index >= 15 is 0 Å². The fourth-order valence-corrected chi connectivity index (χ4v) is 1.51. The van der Waals surface area contributed by atoms with Gasteiger partial charge in [0.2, 0.25) is 0 Å². The van der Waals surface area contributed by atoms with E-state index in [4.69, 9.17) is 5.73 Å². The molecule has 3 heteroatoms. The first-order chi connectivity index (χ1) is 6.13. The summed E-state index contributed by atoms with van der Waals surface area (Å²) in [5.41, 5.74) is 7.05. The van der Waals surface area contributed by atoms with Crippen molar-refractivity contribution in [2.24, 2.45) is 5.73 Å². The third kappa shape index (κ3) is 1.56. The zero-order chi connectivity index (χ0) is 9.47. The molecule has 1 saturated carbocycles. The standard InChI is InChI=1S/C10H11F2N/c11-10(12)5-9(10)8-3-1-2-7(4-8)6-13/h1-4,9H,5-6,13H2. The number of benzene rings is 1. The number of hydrogen-bond donors (Lipinski definition) is 1. The molecule has 0 bridgehead atoms. The van der Waals surface area contributed by atoms with Crippen molar-refractivity contribution in [3.8, 4) is 0 Å². The molecule has 0 spiro atoms. The van der Waals surface area contributed by atoms with Crippen LogP contribution in [0.1, 0.15) is 23.5 Å². The minimum Gasteiger partial charge on any atom is -0.326 e. The molecule has 1 fully saturated rings. The Morgan fingerprint density at radius 3 is 2.69 bits per heavy atom. The fraction of sp³-hybridized carbons (Fsp3) is 0.400. The van der Waals surface area contributed by atoms with Crippen LogP contribution in [-0.4, -0.2) is 5.92 Å². The number of alkyl halides is 2. The van der Waals surface area contributed by atoms with E-state index in [1.165, 1.54) is 0 Å². The second-order valence-electron chi connectivity index (χ2n) is 3.47. The lowest BCUT2D eigenvalue weighted by Crippen LogP contribution is -1.98. The van der Waals surface area contributed by atoms with E-state index in [0.29, 0.717) is 12.1 Å². The molecular formula is C10H11F2N. The van der Waals surface area contributed by atoms with Crippen LogP contribution in [0.15, 0.2) is 24.3 Å². The van der Waals surface area contributed by atoms with Crippen LogP contribution < -0.4 is 5.73 Å². The Labute approximate surface area is 75.6 Å². The second-order valence-corrected chi connectivity index (χ2v) is 3.47. The van der Waals surface area contributed by atoms with Gasteiger partial charge in [-0.05, 0) is 11.1 Å². The molecule has 2 rings (SSSR count). The minimum absolute atomic E-state index is 0.0129. The molecular weight excluding hydrogens is 172 g/mol. The van der Waals surface area contributed by atoms with Crippen LogP contribution >= 0.6 is 0 Å². The number of rotatable bonds is 2. The molecule has 0 radical (unpaired) electrons. The van der Waals surface area contributed by atoms with Gasteiger partial charge in [-0.25, -0.2) is 8.78 Å². The maximum atomic E-state index is 12.7. The van der Waals surface area contributed by atoms with E-state index in [2.05, 4.69) is 0 Å². The lowest BCUT2D eigenvalue weighted by atomic mass is 10.1. The van der Waals surface area contributed by atoms with Gasteiger partial charge in [0.1, 0.15) is 0 Å². The highest BCUT2D eigenvalue weighted by Gasteiger charge is 2.57. The molecule has 1 aliphatic carbocycles. The molecule has 1 atom stereocenters. The van der Waals surface area contributed by atoms with Gasteiger partial charge in [-0.1, -0.05) is 24.3 Å². The fourth-order valence-electron chi connectivity index (χ4n) is 1.51. The smallest absolute Gasteiger partial charge is 0.255 e. The van der Waals surface area contributed by atoms with Crippen LogP contribution in [0, 0.1) is 0 Å². The maximum Gasteiger partial charge on any atom is 0.255 e. The summed E-state index contributed by atoms with van der Waals surface area (Å²) in [6, 6.07) is 7.15. The molecule has 0 aliphatic heterocycles. The average molecular weight is 183 g/mol. The highest BCUT2D eigenvalue weighted by molar-refractivity contribution is 5.32. The van der Waals surface area contributed by atoms with E-state index in [9.17, 15) is 8.78 Å². The van der Waals surface area contributed by atoms with Gasteiger partial charge in [0.05, 0.1) is 5.92 Å². The van der Waals surface area contributed by atoms with E-state index in [1.54, 1.807) is 18.2 Å². The molecule has 2 N–H and O–H groups in total. The quantitative estimate of drug-likeness (QED) is 0.747. The van der Waals surface area contributed by atoms with Gasteiger partial charge in [0.15, 0.2) is 0 Å². The largest absolute Gasteiger partial charge is 0.326 e. The third-order valence-electron chi connectivity index (χ3n) is 2.42. The minimum atomic E-state index is -2.48. The van der Waals surface area contributed by atoms with Crippen LogP contribution in [-0.2, 0) is 6.54 Å². The van der Waals surface area contributed by atoms with Crippen LogP contribution in [0.3, 0.4) is 0 Å². The molecule has 13 heavy (non-hydrogen) atoms. The maximum absolute atomic E-state index is 12.7. The zero-order valence-corrected chi connectivity index (χ0v) is 7.13. The van der Waals surface area contributed by atoms with Gasteiger partial charge in [0, 0.05) is 13.0 Å². The van der Waals surface area contributed by atoms with E-state index in [0.717, 1.165) is 5.56 Å². The van der Waals surface area contributed by atoms with Crippen LogP contribution in [0.2, 0.25) is 0 Å². The zero-order valence-electron chi connectivity index (χ0n) is 7.13. The first-order valence-corrected chi connectivity index (χ1v) is 4.30. The lowest BCUT2D eigenvalue weighted by molar-refractivity contribution is 0.112. The van der Waals surface area contributed by atoms with Gasteiger partial charge in [0.25, 0.3) is 5.92 Å². The van der Waals surface area contributed by atoms with E-state index in [-0.39, 0.29) is 6.42 Å². The van der Waals surface area contributed by atoms with Gasteiger partial charge in [-0.3, -0.25) is 0 Å². The topological polar surface area (TPSA) is 26.0 Å². The van der Waals surface area contributed by atoms with Crippen LogP contribution in [0.5, 0.6) is 0 Å². The summed E-state index contributed by atoms with van der Waals surface area (Å²) in [6.45, 7) is 0.409. The van der Waals surface area contributed by atoms with Crippen molar-refractivity contribution in [2.45, 2.75) is 24.8 Å². The summed E-state index contributed by atoms with van der Waals surface area (Å²) in [5, 5.41) is 0. The highest BCUT2D eigenvalue weighted by Crippen LogP contribution is 2.55. The first-order valence-electron chi connectivity index (χ1n) is 4.30. The Kier molecular flexibility index (Phi) is 1.84. The molecule has 0 saturated heterocycles. The van der Waals surface area contributed by atoms with E-state index in [1.807, 2.05) is 6.07 Å². The monoisotopic (exact) mass is 183 g/mol. The Morgan fingerprint density at radius 1 is 1.46 bits per heavy atom. The van der Waals surface area contributed by atoms with Gasteiger partial charge < -0.3 is 5.73 Å². The summed E-state index contributed by atoms with van der Waals surface area (Å²) in [4.78, 5) is 0. The molecule has 0 heterocycles. The molecule has 0 amide bonds. The predicted octanol–water partition coefficient (Wildman–Crippen LogP) is 2.27. The Morgan fingerprint density at radius 2 is 2.15 bits per heavy atom. The molecule has 1 aliphatic rings. The molecule has 1 unspecified atom stereocenters. The summed E-state index contributed by atoms with van der Waals surface area (Å²) in [7, 11) is 0. The van der Waals surface area contributed by atoms with Gasteiger partial charge in [-0.2, -0.15) is 0 Å². The van der Waals surface area contributed by atoms with Crippen molar-refractivity contribution >= 4 is 0 Å². The molecule has 1 aromatic rings. The number of halogens is 2. The van der Waals surface area contributed by atoms with Crippen molar-refractivity contribution in [3.05, 3.63) is 35.4 Å². The SMILES string of the molecule is NCc1cccc(C2CC2(F)F)c1. The van der Waals surface area contributed by atoms with Crippen molar-refractivity contribution in [1.82, 2.24) is 0 Å². The number of hydrogen-bond acceptors (Lipinski definition) is 1. The van der Waals surface area contributed by atoms with Crippen molar-refractivity contribution in [1.29, 1.82) is 0 Å². The number of nitrogens with two attached hydrogens (primary N) is 1. The van der Waals surface area contributed by atoms with Gasteiger partial charge >= 0.3 is 0 Å². The summed E-state index contributed by atoms with van der Waals surface area (Å²) >= 11 is 0. The normalized spacial score (nSPS) is 24.4. The van der Waals surface area contributed by atoms with Crippen molar-refractivity contribution in [2.75, 3.05) is 0 Å². The predicted molar refractivity (Wildman–Crippen MR) is 46.6 cm³/mol. The van der Waals surface area contributed by atoms with Crippen molar-refractivity contribution < 1.29 is 8.78 Å². The van der Waals surface area contributed by atoms with Crippen LogP contribution in [0.25, 0.3) is 0 Å². The summed E-state index contributed by atoms with van der Waals surface area (Å²) in [5.74, 6) is -3.05. The highest BCUT2D eigenvalue weighted by atomic mass is 19.3. The Bertz CT molecular complexity index is 322. The van der Waals surface area contributed by atoms with Crippen molar-refractivity contribution in [3.63, 3.8) is 0 Å². The summed E-state index contributed by atoms with van der Waals surface area (Å²) < 4.78 is 25.4. The molecule has 1 nitrogen and oxygen atoms in total. The summed E-state index contributed by atoms with van der Waals surface area (Å²) in [6.07, 6.45) is -0.0129. The third-order valence-corrected chi connectivity index (χ3v) is 2.42. The molecule has 0 aromatic heterocycles. The second kappa shape index (κ2) is 2.77. The Balaban J connectivity index is 2.23. The molecule has 1 aromatic carbocycles. The first kappa shape index (κ1) is 8.63. The van der Waals surface area contributed by atoms with Crippen LogP contribution in [0.4, 0.5) is 8.78 Å². The van der Waals surface area contributed by atoms with Gasteiger partial charge in [-0.15, -0.1) is 0 Å². The van der Waals surface area contributed by atoms with E-state index < -0.39 is 11.8 Å². The molecule has 70 valence electrons. The Hall–Kier alpha value is -0.960. The average Bonchev–Trinajstić information content (AvgIpc) is 2.76.